The Morgan fingerprint density at radius 1 is 0.213 bits per heavy atom. The second-order valence-corrected chi connectivity index (χ2v) is 23.4. The maximum Gasteiger partial charge on any atom is 0.179 e. The molecule has 0 atom stereocenters. The fourth-order valence-electron chi connectivity index (χ4n) is 12.1. The van der Waals surface area contributed by atoms with E-state index in [0.717, 1.165) is 33.5 Å². The van der Waals surface area contributed by atoms with Crippen molar-refractivity contribution in [1.29, 1.82) is 0 Å². The molecule has 75 heavy (non-hydrogen) atoms. The third-order valence-corrected chi connectivity index (χ3v) is 20.2. The first kappa shape index (κ1) is 44.2. The number of para-hydroxylation sites is 3. The molecule has 2 nitrogen and oxygen atoms in total. The molecule has 12 aromatic carbocycles. The van der Waals surface area contributed by atoms with Crippen molar-refractivity contribution in [2.75, 3.05) is 0 Å². The quantitative estimate of drug-likeness (QED) is 0.0955. The zero-order valence-electron chi connectivity index (χ0n) is 41.3. The molecule has 0 fully saturated rings. The Kier molecular flexibility index (Phi) is 10.9. The molecule has 0 saturated heterocycles. The van der Waals surface area contributed by atoms with Crippen LogP contribution in [0.2, 0.25) is 0 Å². The third kappa shape index (κ3) is 7.39. The van der Waals surface area contributed by atoms with E-state index in [2.05, 4.69) is 312 Å². The lowest BCUT2D eigenvalue weighted by molar-refractivity contribution is 1.16. The van der Waals surface area contributed by atoms with Crippen LogP contribution in [0.1, 0.15) is 0 Å². The number of aromatic nitrogens is 2. The van der Waals surface area contributed by atoms with E-state index in [0.29, 0.717) is 0 Å². The summed E-state index contributed by atoms with van der Waals surface area (Å²) in [6.07, 6.45) is 0. The molecule has 2 aromatic heterocycles. The van der Waals surface area contributed by atoms with Crippen molar-refractivity contribution in [2.24, 2.45) is 0 Å². The molecule has 0 unspecified atom stereocenters. The highest BCUT2D eigenvalue weighted by Gasteiger charge is 2.43. The smallest absolute Gasteiger partial charge is 0.179 e. The van der Waals surface area contributed by atoms with Crippen molar-refractivity contribution in [3.63, 3.8) is 0 Å². The number of benzene rings is 12. The summed E-state index contributed by atoms with van der Waals surface area (Å²) in [5.41, 5.74) is 16.4. The number of fused-ring (bicyclic) bond motifs is 6. The molecule has 0 saturated carbocycles. The maximum absolute atomic E-state index is 3.28. The van der Waals surface area contributed by atoms with E-state index in [4.69, 9.17) is 0 Å². The van der Waals surface area contributed by atoms with Gasteiger partial charge in [-0.05, 0) is 84.5 Å². The van der Waals surface area contributed by atoms with Crippen LogP contribution in [0.5, 0.6) is 0 Å². The van der Waals surface area contributed by atoms with Crippen LogP contribution in [-0.2, 0) is 0 Å². The number of hydrogen-bond donors (Lipinski definition) is 0. The third-order valence-electron chi connectivity index (χ3n) is 15.4. The fourth-order valence-corrected chi connectivity index (χ4v) is 17.0. The second-order valence-electron chi connectivity index (χ2n) is 19.6. The molecular formula is C72H50N2Si. The largest absolute Gasteiger partial charge is 0.309 e. The van der Waals surface area contributed by atoms with Gasteiger partial charge in [0.15, 0.2) is 8.07 Å². The van der Waals surface area contributed by atoms with E-state index in [-0.39, 0.29) is 0 Å². The van der Waals surface area contributed by atoms with Gasteiger partial charge in [-0.3, -0.25) is 0 Å². The summed E-state index contributed by atoms with van der Waals surface area (Å²) in [6, 6.07) is 113. The van der Waals surface area contributed by atoms with Crippen molar-refractivity contribution in [1.82, 2.24) is 9.13 Å². The van der Waals surface area contributed by atoms with Gasteiger partial charge in [0.2, 0.25) is 0 Å². The van der Waals surface area contributed by atoms with E-state index in [1.807, 2.05) is 0 Å². The molecule has 0 aliphatic carbocycles. The predicted molar refractivity (Wildman–Crippen MR) is 320 cm³/mol. The Morgan fingerprint density at radius 3 is 1.04 bits per heavy atom. The molecule has 0 radical (unpaired) electrons. The lowest BCUT2D eigenvalue weighted by atomic mass is 9.95. The average molecular weight is 971 g/mol. The van der Waals surface area contributed by atoms with E-state index >= 15 is 0 Å². The molecule has 0 aliphatic rings. The fraction of sp³-hybridized carbons (Fsp3) is 0. The van der Waals surface area contributed by atoms with Crippen LogP contribution in [0.15, 0.2) is 303 Å². The molecule has 3 heteroatoms. The normalized spacial score (nSPS) is 11.7. The minimum Gasteiger partial charge on any atom is -0.309 e. The van der Waals surface area contributed by atoms with Gasteiger partial charge in [0.25, 0.3) is 0 Å². The topological polar surface area (TPSA) is 9.86 Å². The molecule has 0 amide bonds. The predicted octanol–water partition coefficient (Wildman–Crippen LogP) is 15.9. The molecule has 14 rings (SSSR count). The zero-order valence-corrected chi connectivity index (χ0v) is 42.3. The summed E-state index contributed by atoms with van der Waals surface area (Å²) >= 11 is 0. The Morgan fingerprint density at radius 2 is 0.573 bits per heavy atom. The van der Waals surface area contributed by atoms with Gasteiger partial charge in [0.05, 0.1) is 27.8 Å². The summed E-state index contributed by atoms with van der Waals surface area (Å²) in [4.78, 5) is 0. The number of hydrogen-bond acceptors (Lipinski definition) is 0. The van der Waals surface area contributed by atoms with Crippen molar-refractivity contribution in [2.45, 2.75) is 0 Å². The Hall–Kier alpha value is -9.54. The molecular weight excluding hydrogens is 921 g/mol. The van der Waals surface area contributed by atoms with E-state index in [1.165, 1.54) is 86.7 Å². The molecule has 2 heterocycles. The minimum atomic E-state index is -3.28. The molecule has 14 aromatic rings. The molecule has 352 valence electrons. The highest BCUT2D eigenvalue weighted by molar-refractivity contribution is 7.20. The SMILES string of the molecule is c1ccc(-c2cccc([Si](c3ccccc3)(c3cccc(-c4ccccc4)c3)c3cc(-c4ccccc4)c(-n4c5ccccc5c5ccc(-n6c7ccccc7c7ccccc76)cc54)c(-c4ccccc4)c3)c2)cc1. The molecule has 0 bridgehead atoms. The van der Waals surface area contributed by atoms with Crippen molar-refractivity contribution < 1.29 is 0 Å². The Labute approximate surface area is 438 Å². The lowest BCUT2D eigenvalue weighted by Crippen LogP contribution is -2.74. The first-order chi connectivity index (χ1) is 37.2. The van der Waals surface area contributed by atoms with Gasteiger partial charge in [0.1, 0.15) is 0 Å². The standard InChI is InChI=1S/C72H50N2Si/c1-6-24-51(25-7-1)55-32-22-36-59(46-55)75(58-34-14-5-15-35-58,60-37-23-33-56(47-60)52-26-8-2-9-27-52)61-49-66(53-28-10-3-11-29-53)72(67(50-61)54-30-12-4-13-31-54)74-70-43-21-18-40-64(70)65-45-44-57(48-71(65)74)73-68-41-19-16-38-62(68)63-39-17-20-42-69(63)73/h1-50H. The van der Waals surface area contributed by atoms with Crippen LogP contribution < -0.4 is 20.7 Å². The van der Waals surface area contributed by atoms with Crippen LogP contribution >= 0.6 is 0 Å². The number of rotatable bonds is 10. The van der Waals surface area contributed by atoms with Gasteiger partial charge >= 0.3 is 0 Å². The van der Waals surface area contributed by atoms with Crippen LogP contribution in [0.4, 0.5) is 0 Å². The van der Waals surface area contributed by atoms with Gasteiger partial charge in [-0.25, -0.2) is 0 Å². The van der Waals surface area contributed by atoms with Gasteiger partial charge < -0.3 is 9.13 Å². The lowest BCUT2D eigenvalue weighted by Gasteiger charge is -2.36. The van der Waals surface area contributed by atoms with E-state index in [9.17, 15) is 0 Å². The molecule has 0 N–H and O–H groups in total. The first-order valence-electron chi connectivity index (χ1n) is 25.9. The zero-order chi connectivity index (χ0) is 49.7. The highest BCUT2D eigenvalue weighted by Crippen LogP contribution is 2.43. The van der Waals surface area contributed by atoms with Gasteiger partial charge in [-0.15, -0.1) is 0 Å². The monoisotopic (exact) mass is 970 g/mol. The molecule has 0 spiro atoms. The van der Waals surface area contributed by atoms with Crippen LogP contribution in [0.25, 0.3) is 99.5 Å². The summed E-state index contributed by atoms with van der Waals surface area (Å²) < 4.78 is 5.02. The average Bonchev–Trinajstić information content (AvgIpc) is 4.01. The highest BCUT2D eigenvalue weighted by atomic mass is 28.3. The summed E-state index contributed by atoms with van der Waals surface area (Å²) in [5, 5.41) is 10.2. The van der Waals surface area contributed by atoms with E-state index in [1.54, 1.807) is 0 Å². The summed E-state index contributed by atoms with van der Waals surface area (Å²) in [6.45, 7) is 0. The van der Waals surface area contributed by atoms with Gasteiger partial charge in [-0.1, -0.05) is 273 Å². The first-order valence-corrected chi connectivity index (χ1v) is 27.9. The van der Waals surface area contributed by atoms with Crippen LogP contribution in [0.3, 0.4) is 0 Å². The Balaban J connectivity index is 1.14. The summed E-state index contributed by atoms with van der Waals surface area (Å²) in [5.74, 6) is 0. The number of nitrogens with zero attached hydrogens (tertiary/aromatic N) is 2. The van der Waals surface area contributed by atoms with Crippen LogP contribution in [0, 0.1) is 0 Å². The summed E-state index contributed by atoms with van der Waals surface area (Å²) in [7, 11) is -3.28. The van der Waals surface area contributed by atoms with Crippen molar-refractivity contribution in [3.8, 4) is 55.9 Å². The Bertz CT molecular complexity index is 4190. The second kappa shape index (κ2) is 18.5. The van der Waals surface area contributed by atoms with Crippen LogP contribution in [-0.4, -0.2) is 17.2 Å². The van der Waals surface area contributed by atoms with Gasteiger partial charge in [-0.2, -0.15) is 0 Å². The van der Waals surface area contributed by atoms with Gasteiger partial charge in [0, 0.05) is 38.4 Å². The van der Waals surface area contributed by atoms with Crippen molar-refractivity contribution >= 4 is 72.4 Å². The van der Waals surface area contributed by atoms with E-state index < -0.39 is 8.07 Å². The van der Waals surface area contributed by atoms with Crippen molar-refractivity contribution in [3.05, 3.63) is 303 Å². The minimum absolute atomic E-state index is 1.12. The molecule has 0 aliphatic heterocycles. The maximum atomic E-state index is 2.58.